The van der Waals surface area contributed by atoms with Crippen molar-refractivity contribution in [3.05, 3.63) is 51.7 Å². The number of fused-ring (bicyclic) bond motifs is 1. The van der Waals surface area contributed by atoms with E-state index in [0.717, 1.165) is 30.5 Å². The molecule has 0 unspecified atom stereocenters. The van der Waals surface area contributed by atoms with Crippen molar-refractivity contribution in [2.75, 3.05) is 0 Å². The number of nitrogens with zero attached hydrogens (tertiary/aromatic N) is 3. The number of phenols is 1. The van der Waals surface area contributed by atoms with E-state index in [9.17, 15) is 9.90 Å². The molecule has 0 atom stereocenters. The van der Waals surface area contributed by atoms with Crippen LogP contribution in [0.5, 0.6) is 5.75 Å². The number of rotatable bonds is 4. The van der Waals surface area contributed by atoms with Crippen molar-refractivity contribution in [3.8, 4) is 17.1 Å². The number of aromatic hydroxyl groups is 1. The maximum Gasteiger partial charge on any atom is 0.284 e. The van der Waals surface area contributed by atoms with E-state index >= 15 is 0 Å². The minimum absolute atomic E-state index is 0.200. The Labute approximate surface area is 145 Å². The van der Waals surface area contributed by atoms with E-state index in [4.69, 9.17) is 4.98 Å². The van der Waals surface area contributed by atoms with Crippen molar-refractivity contribution in [2.45, 2.75) is 51.5 Å². The molecule has 0 saturated heterocycles. The lowest BCUT2D eigenvalue weighted by atomic mass is 10.1. The first kappa shape index (κ1) is 15.9. The van der Waals surface area contributed by atoms with Crippen LogP contribution in [0.2, 0.25) is 0 Å². The van der Waals surface area contributed by atoms with E-state index in [2.05, 4.69) is 14.8 Å². The zero-order valence-electron chi connectivity index (χ0n) is 14.3. The van der Waals surface area contributed by atoms with Gasteiger partial charge in [0.2, 0.25) is 0 Å². The van der Waals surface area contributed by atoms with Crippen LogP contribution < -0.4 is 5.56 Å². The Hall–Kier alpha value is -2.63. The smallest absolute Gasteiger partial charge is 0.284 e. The summed E-state index contributed by atoms with van der Waals surface area (Å²) in [6.07, 6.45) is 5.72. The van der Waals surface area contributed by atoms with Crippen molar-refractivity contribution in [1.82, 2.24) is 19.7 Å². The molecule has 1 aliphatic carbocycles. The molecule has 0 amide bonds. The van der Waals surface area contributed by atoms with E-state index < -0.39 is 0 Å². The summed E-state index contributed by atoms with van der Waals surface area (Å²) in [6, 6.07) is 7.46. The van der Waals surface area contributed by atoms with Gasteiger partial charge in [0.15, 0.2) is 5.82 Å². The van der Waals surface area contributed by atoms with E-state index in [-0.39, 0.29) is 11.3 Å². The Morgan fingerprint density at radius 2 is 2.00 bits per heavy atom. The third-order valence-corrected chi connectivity index (χ3v) is 5.07. The van der Waals surface area contributed by atoms with Crippen LogP contribution in [0.25, 0.3) is 11.4 Å². The molecule has 2 aliphatic heterocycles. The Morgan fingerprint density at radius 1 is 1.24 bits per heavy atom. The number of phenolic OH excluding ortho intramolecular Hbond substituents is 1. The Kier molecular flexibility index (Phi) is 4.03. The number of H-pyrrole nitrogens is 1. The highest BCUT2D eigenvalue weighted by atomic mass is 16.3. The first-order valence-electron chi connectivity index (χ1n) is 8.94. The quantitative estimate of drug-likeness (QED) is 0.766. The highest BCUT2D eigenvalue weighted by Gasteiger charge is 2.27. The fourth-order valence-corrected chi connectivity index (χ4v) is 3.76. The Bertz CT molecular complexity index is 922. The standard InChI is InChI=1S/C19H22N4O2/c1-2-14-17-18(23(22-14)13-8-4-5-9-13)20-16(21-19(17)25)11-12-7-3-6-10-15(12)24/h3,6-7,10,13,22,24H,2,4-5,8-9,11H2,1H3. The Morgan fingerprint density at radius 3 is 2.72 bits per heavy atom. The van der Waals surface area contributed by atoms with Crippen LogP contribution in [0.4, 0.5) is 0 Å². The molecule has 1 aromatic carbocycles. The molecule has 1 aromatic rings. The molecule has 1 fully saturated rings. The largest absolute Gasteiger partial charge is 0.508 e. The molecular formula is C19H22N4O2. The zero-order valence-corrected chi connectivity index (χ0v) is 14.3. The van der Waals surface area contributed by atoms with E-state index in [1.54, 1.807) is 12.1 Å². The number of aromatic nitrogens is 4. The number of hydrogen-bond donors (Lipinski definition) is 2. The normalized spacial score (nSPS) is 15.2. The average molecular weight is 338 g/mol. The maximum absolute atomic E-state index is 12.6. The number of para-hydroxylation sites is 1. The number of nitrogens with one attached hydrogen (secondary N) is 1. The van der Waals surface area contributed by atoms with Crippen LogP contribution in [-0.4, -0.2) is 24.9 Å². The summed E-state index contributed by atoms with van der Waals surface area (Å²) >= 11 is 0. The van der Waals surface area contributed by atoms with Crippen molar-refractivity contribution < 1.29 is 5.11 Å². The molecule has 0 radical (unpaired) electrons. The SMILES string of the molecule is CCc1[nH]n(C2CCCC2)c2nc(Cc3ccccc3O)nc(=O)c1-2. The van der Waals surface area contributed by atoms with Crippen molar-refractivity contribution in [2.24, 2.45) is 0 Å². The third kappa shape index (κ3) is 2.81. The van der Waals surface area contributed by atoms with Gasteiger partial charge in [0.25, 0.3) is 5.56 Å². The minimum atomic E-state index is -0.236. The molecule has 25 heavy (non-hydrogen) atoms. The van der Waals surface area contributed by atoms with Gasteiger partial charge in [0, 0.05) is 17.7 Å². The first-order chi connectivity index (χ1) is 12.2. The van der Waals surface area contributed by atoms with Crippen molar-refractivity contribution in [1.29, 1.82) is 0 Å². The number of aromatic amines is 1. The summed E-state index contributed by atoms with van der Waals surface area (Å²) in [5.74, 6) is 1.35. The summed E-state index contributed by atoms with van der Waals surface area (Å²) in [7, 11) is 0. The minimum Gasteiger partial charge on any atom is -0.508 e. The van der Waals surface area contributed by atoms with Crippen molar-refractivity contribution >= 4 is 0 Å². The summed E-state index contributed by atoms with van der Waals surface area (Å²) in [5, 5.41) is 13.4. The first-order valence-corrected chi connectivity index (χ1v) is 8.94. The summed E-state index contributed by atoms with van der Waals surface area (Å²) in [5.41, 5.74) is 2.00. The fourth-order valence-electron chi connectivity index (χ4n) is 3.76. The summed E-state index contributed by atoms with van der Waals surface area (Å²) < 4.78 is 2.07. The molecule has 2 heterocycles. The van der Waals surface area contributed by atoms with E-state index in [1.807, 2.05) is 19.1 Å². The highest BCUT2D eigenvalue weighted by Crippen LogP contribution is 2.34. The predicted molar refractivity (Wildman–Crippen MR) is 95.1 cm³/mol. The lowest BCUT2D eigenvalue weighted by Crippen LogP contribution is -2.18. The topological polar surface area (TPSA) is 83.8 Å². The number of benzene rings is 1. The molecule has 6 nitrogen and oxygen atoms in total. The van der Waals surface area contributed by atoms with Gasteiger partial charge >= 0.3 is 0 Å². The molecule has 4 rings (SSSR count). The average Bonchev–Trinajstić information content (AvgIpc) is 3.24. The second-order valence-corrected chi connectivity index (χ2v) is 6.70. The molecule has 1 saturated carbocycles. The van der Waals surface area contributed by atoms with Crippen LogP contribution >= 0.6 is 0 Å². The molecule has 0 bridgehead atoms. The molecule has 3 aliphatic rings. The molecular weight excluding hydrogens is 316 g/mol. The van der Waals surface area contributed by atoms with Gasteiger partial charge in [0.1, 0.15) is 17.1 Å². The fraction of sp³-hybridized carbons (Fsp3) is 0.421. The molecule has 6 heteroatoms. The van der Waals surface area contributed by atoms with Gasteiger partial charge < -0.3 is 5.11 Å². The van der Waals surface area contributed by atoms with Gasteiger partial charge in [-0.3, -0.25) is 14.6 Å². The second-order valence-electron chi connectivity index (χ2n) is 6.70. The maximum atomic E-state index is 12.6. The number of hydrogen-bond acceptors (Lipinski definition) is 4. The van der Waals surface area contributed by atoms with Gasteiger partial charge in [-0.05, 0) is 25.3 Å². The lowest BCUT2D eigenvalue weighted by Gasteiger charge is -2.14. The van der Waals surface area contributed by atoms with Gasteiger partial charge in [-0.25, -0.2) is 4.98 Å². The number of aryl methyl sites for hydroxylation is 1. The van der Waals surface area contributed by atoms with E-state index in [0.29, 0.717) is 29.7 Å². The monoisotopic (exact) mass is 338 g/mol. The van der Waals surface area contributed by atoms with Gasteiger partial charge in [-0.2, -0.15) is 4.98 Å². The zero-order chi connectivity index (χ0) is 17.4. The molecule has 2 N–H and O–H groups in total. The molecule has 0 spiro atoms. The third-order valence-electron chi connectivity index (χ3n) is 5.07. The van der Waals surface area contributed by atoms with Crippen molar-refractivity contribution in [3.63, 3.8) is 0 Å². The lowest BCUT2D eigenvalue weighted by molar-refractivity contribution is 0.463. The van der Waals surface area contributed by atoms with Crippen LogP contribution in [0, 0.1) is 0 Å². The molecule has 130 valence electrons. The van der Waals surface area contributed by atoms with Crippen LogP contribution in [-0.2, 0) is 12.8 Å². The molecule has 0 aromatic heterocycles. The van der Waals surface area contributed by atoms with Crippen LogP contribution in [0.1, 0.15) is 55.7 Å². The van der Waals surface area contributed by atoms with Gasteiger partial charge in [0.05, 0.1) is 6.04 Å². The summed E-state index contributed by atoms with van der Waals surface area (Å²) in [6.45, 7) is 2.03. The van der Waals surface area contributed by atoms with E-state index in [1.165, 1.54) is 12.8 Å². The van der Waals surface area contributed by atoms with Crippen LogP contribution in [0.15, 0.2) is 29.1 Å². The van der Waals surface area contributed by atoms with Gasteiger partial charge in [-0.15, -0.1) is 0 Å². The highest BCUT2D eigenvalue weighted by molar-refractivity contribution is 5.59. The second kappa shape index (κ2) is 6.35. The predicted octanol–water partition coefficient (Wildman–Crippen LogP) is 3.05. The van der Waals surface area contributed by atoms with Crippen LogP contribution in [0.3, 0.4) is 0 Å². The summed E-state index contributed by atoms with van der Waals surface area (Å²) in [4.78, 5) is 21.5. The van der Waals surface area contributed by atoms with Gasteiger partial charge in [-0.1, -0.05) is 38.0 Å². The Balaban J connectivity index is 1.81.